The molecule has 3 N–H and O–H groups in total. The summed E-state index contributed by atoms with van der Waals surface area (Å²) in [7, 11) is 4.39. The molecule has 0 aliphatic carbocycles. The van der Waals surface area contributed by atoms with Gasteiger partial charge >= 0.3 is 0 Å². The summed E-state index contributed by atoms with van der Waals surface area (Å²) in [5.41, 5.74) is 4.17. The second-order valence-corrected chi connectivity index (χ2v) is 5.83. The summed E-state index contributed by atoms with van der Waals surface area (Å²) in [5.74, 6) is 5.80. The molecule has 0 amide bonds. The first-order valence-electron chi connectivity index (χ1n) is 7.52. The minimum Gasteiger partial charge on any atom is -0.304 e. The monoisotopic (exact) mass is 280 g/mol. The van der Waals surface area contributed by atoms with Crippen LogP contribution in [0.1, 0.15) is 31.5 Å². The lowest BCUT2D eigenvalue weighted by molar-refractivity contribution is 0.100. The largest absolute Gasteiger partial charge is 0.304 e. The number of nitrogens with one attached hydrogen (secondary N) is 1. The molecule has 1 aromatic heterocycles. The topological polar surface area (TPSA) is 62.4 Å². The number of nitrogens with two attached hydrogens (primary N) is 1. The van der Waals surface area contributed by atoms with Crippen molar-refractivity contribution >= 4 is 0 Å². The van der Waals surface area contributed by atoms with Crippen LogP contribution in [0.15, 0.2) is 12.3 Å². The fourth-order valence-corrected chi connectivity index (χ4v) is 2.94. The summed E-state index contributed by atoms with van der Waals surface area (Å²) >= 11 is 0. The highest BCUT2D eigenvalue weighted by Crippen LogP contribution is 2.22. The Hall–Kier alpha value is -0.950. The Morgan fingerprint density at radius 1 is 1.45 bits per heavy atom. The minimum absolute atomic E-state index is 0.156. The van der Waals surface area contributed by atoms with E-state index in [-0.39, 0.29) is 6.04 Å². The number of hydrogen-bond donors (Lipinski definition) is 2. The molecule has 1 aliphatic rings. The number of nitrogens with zero attached hydrogens (tertiary/aromatic N) is 4. The summed E-state index contributed by atoms with van der Waals surface area (Å²) in [6, 6.07) is 2.76. The molecule has 1 aliphatic heterocycles. The van der Waals surface area contributed by atoms with Crippen LogP contribution in [-0.2, 0) is 6.54 Å². The third kappa shape index (κ3) is 3.58. The lowest BCUT2D eigenvalue weighted by atomic mass is 10.0. The lowest BCUT2D eigenvalue weighted by Crippen LogP contribution is -2.51. The standard InChI is InChI=1S/C14H28N6/c1-4-7-20-14(5-6-16-20)13(17-15)10-12-11-18(2)8-9-19(12)3/h5-6,12-13,17H,4,7-11,15H2,1-3H3. The molecule has 1 aromatic rings. The SMILES string of the molecule is CCCn1nccc1C(CC1CN(C)CCN1C)NN. The van der Waals surface area contributed by atoms with E-state index in [0.29, 0.717) is 6.04 Å². The van der Waals surface area contributed by atoms with Gasteiger partial charge in [0.15, 0.2) is 0 Å². The third-order valence-electron chi connectivity index (χ3n) is 4.23. The van der Waals surface area contributed by atoms with Crippen molar-refractivity contribution in [1.82, 2.24) is 25.0 Å². The van der Waals surface area contributed by atoms with Crippen molar-refractivity contribution in [2.45, 2.75) is 38.4 Å². The number of hydrazine groups is 1. The molecule has 0 spiro atoms. The van der Waals surface area contributed by atoms with Crippen LogP contribution in [0.25, 0.3) is 0 Å². The van der Waals surface area contributed by atoms with Crippen molar-refractivity contribution in [1.29, 1.82) is 0 Å². The molecule has 2 rings (SSSR count). The van der Waals surface area contributed by atoms with Gasteiger partial charge in [-0.25, -0.2) is 0 Å². The average Bonchev–Trinajstić information content (AvgIpc) is 2.88. The molecule has 2 atom stereocenters. The van der Waals surface area contributed by atoms with Gasteiger partial charge < -0.3 is 9.80 Å². The molecule has 114 valence electrons. The smallest absolute Gasteiger partial charge is 0.0644 e. The highest BCUT2D eigenvalue weighted by Gasteiger charge is 2.26. The predicted octanol–water partition coefficient (Wildman–Crippen LogP) is 0.433. The minimum atomic E-state index is 0.156. The van der Waals surface area contributed by atoms with Gasteiger partial charge in [-0.05, 0) is 33.0 Å². The van der Waals surface area contributed by atoms with E-state index in [4.69, 9.17) is 5.84 Å². The van der Waals surface area contributed by atoms with Gasteiger partial charge in [0.2, 0.25) is 0 Å². The predicted molar refractivity (Wildman–Crippen MR) is 81.1 cm³/mol. The first-order chi connectivity index (χ1) is 9.65. The fraction of sp³-hybridized carbons (Fsp3) is 0.786. The zero-order valence-electron chi connectivity index (χ0n) is 12.9. The molecule has 1 saturated heterocycles. The number of piperazine rings is 1. The molecule has 0 radical (unpaired) electrons. The summed E-state index contributed by atoms with van der Waals surface area (Å²) in [6.07, 6.45) is 3.96. The summed E-state index contributed by atoms with van der Waals surface area (Å²) in [4.78, 5) is 4.83. The summed E-state index contributed by atoms with van der Waals surface area (Å²) in [6.45, 7) is 6.46. The normalized spacial score (nSPS) is 23.1. The number of likely N-dealkylation sites (N-methyl/N-ethyl adjacent to an activating group) is 2. The zero-order valence-corrected chi connectivity index (χ0v) is 12.9. The van der Waals surface area contributed by atoms with Gasteiger partial charge in [-0.2, -0.15) is 5.10 Å². The fourth-order valence-electron chi connectivity index (χ4n) is 2.94. The highest BCUT2D eigenvalue weighted by atomic mass is 15.3. The van der Waals surface area contributed by atoms with Crippen molar-refractivity contribution in [3.05, 3.63) is 18.0 Å². The van der Waals surface area contributed by atoms with E-state index in [1.54, 1.807) is 0 Å². The van der Waals surface area contributed by atoms with Crippen molar-refractivity contribution in [3.63, 3.8) is 0 Å². The molecule has 20 heavy (non-hydrogen) atoms. The Kier molecular flexibility index (Phi) is 5.54. The highest BCUT2D eigenvalue weighted by molar-refractivity contribution is 5.08. The lowest BCUT2D eigenvalue weighted by Gasteiger charge is -2.39. The first kappa shape index (κ1) is 15.4. The van der Waals surface area contributed by atoms with Gasteiger partial charge in [0.1, 0.15) is 0 Å². The molecule has 0 aromatic carbocycles. The van der Waals surface area contributed by atoms with E-state index < -0.39 is 0 Å². The molecular formula is C14H28N6. The quantitative estimate of drug-likeness (QED) is 0.584. The first-order valence-corrected chi connectivity index (χ1v) is 7.52. The molecule has 2 heterocycles. The van der Waals surface area contributed by atoms with Crippen LogP contribution in [0.4, 0.5) is 0 Å². The van der Waals surface area contributed by atoms with E-state index in [1.807, 2.05) is 6.20 Å². The Balaban J connectivity index is 2.06. The van der Waals surface area contributed by atoms with Crippen LogP contribution in [-0.4, -0.2) is 59.4 Å². The molecule has 6 heteroatoms. The summed E-state index contributed by atoms with van der Waals surface area (Å²) in [5, 5.41) is 4.40. The Labute approximate surface area is 121 Å². The summed E-state index contributed by atoms with van der Waals surface area (Å²) < 4.78 is 2.07. The molecule has 2 unspecified atom stereocenters. The molecular weight excluding hydrogens is 252 g/mol. The maximum absolute atomic E-state index is 5.80. The number of aryl methyl sites for hydroxylation is 1. The van der Waals surface area contributed by atoms with Crippen LogP contribution >= 0.6 is 0 Å². The van der Waals surface area contributed by atoms with E-state index >= 15 is 0 Å². The zero-order chi connectivity index (χ0) is 14.5. The Morgan fingerprint density at radius 3 is 2.95 bits per heavy atom. The van der Waals surface area contributed by atoms with Gasteiger partial charge in [0.05, 0.1) is 11.7 Å². The van der Waals surface area contributed by atoms with Gasteiger partial charge in [-0.1, -0.05) is 6.92 Å². The van der Waals surface area contributed by atoms with Gasteiger partial charge in [-0.15, -0.1) is 0 Å². The van der Waals surface area contributed by atoms with Crippen molar-refractivity contribution in [3.8, 4) is 0 Å². The third-order valence-corrected chi connectivity index (χ3v) is 4.23. The molecule has 0 bridgehead atoms. The van der Waals surface area contributed by atoms with Crippen LogP contribution in [0.5, 0.6) is 0 Å². The number of rotatable bonds is 6. The molecule has 6 nitrogen and oxygen atoms in total. The Bertz CT molecular complexity index is 404. The second kappa shape index (κ2) is 7.17. The maximum atomic E-state index is 5.80. The maximum Gasteiger partial charge on any atom is 0.0644 e. The van der Waals surface area contributed by atoms with E-state index in [9.17, 15) is 0 Å². The van der Waals surface area contributed by atoms with Crippen LogP contribution in [0, 0.1) is 0 Å². The van der Waals surface area contributed by atoms with Gasteiger partial charge in [0, 0.05) is 38.4 Å². The van der Waals surface area contributed by atoms with Crippen LogP contribution < -0.4 is 11.3 Å². The second-order valence-electron chi connectivity index (χ2n) is 5.83. The number of hydrogen-bond acceptors (Lipinski definition) is 5. The van der Waals surface area contributed by atoms with E-state index in [1.165, 1.54) is 5.69 Å². The van der Waals surface area contributed by atoms with Crippen LogP contribution in [0.2, 0.25) is 0 Å². The number of aromatic nitrogens is 2. The van der Waals surface area contributed by atoms with E-state index in [0.717, 1.165) is 39.0 Å². The Morgan fingerprint density at radius 2 is 2.25 bits per heavy atom. The van der Waals surface area contributed by atoms with Crippen molar-refractivity contribution in [2.24, 2.45) is 5.84 Å². The van der Waals surface area contributed by atoms with Gasteiger partial charge in [-0.3, -0.25) is 16.0 Å². The van der Waals surface area contributed by atoms with E-state index in [2.05, 4.69) is 52.1 Å². The van der Waals surface area contributed by atoms with Crippen molar-refractivity contribution in [2.75, 3.05) is 33.7 Å². The van der Waals surface area contributed by atoms with Crippen molar-refractivity contribution < 1.29 is 0 Å². The molecule has 1 fully saturated rings. The van der Waals surface area contributed by atoms with Gasteiger partial charge in [0.25, 0.3) is 0 Å². The van der Waals surface area contributed by atoms with Crippen LogP contribution in [0.3, 0.4) is 0 Å². The average molecular weight is 280 g/mol. The molecule has 0 saturated carbocycles.